The van der Waals surface area contributed by atoms with Crippen molar-refractivity contribution in [2.24, 2.45) is 5.92 Å². The molecule has 1 fully saturated rings. The third-order valence-corrected chi connectivity index (χ3v) is 6.82. The number of carbonyl (C=O) groups is 2. The van der Waals surface area contributed by atoms with E-state index < -0.39 is 6.10 Å². The first-order valence-corrected chi connectivity index (χ1v) is 11.9. The van der Waals surface area contributed by atoms with Crippen LogP contribution >= 0.6 is 11.8 Å². The number of hydrogen-bond acceptors (Lipinski definition) is 6. The Kier molecular flexibility index (Phi) is 11.2. The molecule has 0 spiro atoms. The fourth-order valence-corrected chi connectivity index (χ4v) is 5.02. The van der Waals surface area contributed by atoms with Crippen LogP contribution in [0.25, 0.3) is 0 Å². The highest BCUT2D eigenvalue weighted by Gasteiger charge is 2.34. The van der Waals surface area contributed by atoms with Gasteiger partial charge >= 0.3 is 5.97 Å². The van der Waals surface area contributed by atoms with Crippen LogP contribution in [0.4, 0.5) is 4.39 Å². The summed E-state index contributed by atoms with van der Waals surface area (Å²) in [5, 5.41) is 10.4. The Labute approximate surface area is 182 Å². The molecule has 0 unspecified atom stereocenters. The number of ketones is 1. The lowest BCUT2D eigenvalue weighted by Gasteiger charge is -2.20. The number of thioether (sulfide) groups is 1. The molecule has 0 bridgehead atoms. The summed E-state index contributed by atoms with van der Waals surface area (Å²) in [5.41, 5.74) is 0. The molecular weight excluding hydrogens is 407 g/mol. The molecular formula is C23H33FO5S. The SMILES string of the molecule is CCOC(=O)CCCCCC[C@H]1C(=O)CC[C@@H]1SC[C@H](O)COc1ccc(F)cc1. The molecule has 3 atom stereocenters. The maximum absolute atomic E-state index is 12.9. The van der Waals surface area contributed by atoms with E-state index in [0.717, 1.165) is 38.5 Å². The third kappa shape index (κ3) is 9.04. The molecule has 0 saturated heterocycles. The Morgan fingerprint density at radius 2 is 1.97 bits per heavy atom. The molecule has 0 aromatic heterocycles. The average molecular weight is 441 g/mol. The van der Waals surface area contributed by atoms with Gasteiger partial charge in [0, 0.05) is 29.8 Å². The number of halogens is 1. The minimum absolute atomic E-state index is 0.0604. The highest BCUT2D eigenvalue weighted by molar-refractivity contribution is 8.00. The van der Waals surface area contributed by atoms with Crippen molar-refractivity contribution in [3.8, 4) is 5.75 Å². The summed E-state index contributed by atoms with van der Waals surface area (Å²) in [5.74, 6) is 0.963. The lowest BCUT2D eigenvalue weighted by molar-refractivity contribution is -0.143. The summed E-state index contributed by atoms with van der Waals surface area (Å²) in [6.45, 7) is 2.38. The summed E-state index contributed by atoms with van der Waals surface area (Å²) in [6, 6.07) is 5.71. The van der Waals surface area contributed by atoms with E-state index in [9.17, 15) is 19.1 Å². The van der Waals surface area contributed by atoms with Crippen molar-refractivity contribution in [3.05, 3.63) is 30.1 Å². The van der Waals surface area contributed by atoms with Crippen molar-refractivity contribution in [3.63, 3.8) is 0 Å². The molecule has 0 heterocycles. The lowest BCUT2D eigenvalue weighted by atomic mass is 9.98. The molecule has 1 aromatic rings. The number of carbonyl (C=O) groups excluding carboxylic acids is 2. The van der Waals surface area contributed by atoms with Crippen LogP contribution < -0.4 is 4.74 Å². The Morgan fingerprint density at radius 3 is 2.70 bits per heavy atom. The molecule has 1 saturated carbocycles. The van der Waals surface area contributed by atoms with Gasteiger partial charge in [0.25, 0.3) is 0 Å². The van der Waals surface area contributed by atoms with Crippen LogP contribution in [0.3, 0.4) is 0 Å². The first-order valence-electron chi connectivity index (χ1n) is 10.9. The van der Waals surface area contributed by atoms with E-state index in [1.54, 1.807) is 11.8 Å². The molecule has 2 rings (SSSR count). The van der Waals surface area contributed by atoms with E-state index in [1.807, 2.05) is 6.92 Å². The number of Topliss-reactive ketones (excluding diaryl/α,β-unsaturated/α-hetero) is 1. The Hall–Kier alpha value is -1.60. The number of esters is 1. The quantitative estimate of drug-likeness (QED) is 0.338. The molecule has 30 heavy (non-hydrogen) atoms. The molecule has 0 amide bonds. The summed E-state index contributed by atoms with van der Waals surface area (Å²) in [7, 11) is 0. The van der Waals surface area contributed by atoms with Crippen molar-refractivity contribution < 1.29 is 28.6 Å². The number of unbranched alkanes of at least 4 members (excludes halogenated alkanes) is 3. The smallest absolute Gasteiger partial charge is 0.305 e. The maximum Gasteiger partial charge on any atom is 0.305 e. The van der Waals surface area contributed by atoms with Crippen LogP contribution in [-0.2, 0) is 14.3 Å². The maximum atomic E-state index is 12.9. The Morgan fingerprint density at radius 1 is 1.23 bits per heavy atom. The van der Waals surface area contributed by atoms with Gasteiger partial charge in [0.15, 0.2) is 0 Å². The molecule has 7 heteroatoms. The monoisotopic (exact) mass is 440 g/mol. The van der Waals surface area contributed by atoms with Gasteiger partial charge in [0.2, 0.25) is 0 Å². The van der Waals surface area contributed by atoms with Crippen LogP contribution in [-0.4, -0.2) is 47.2 Å². The Bertz CT molecular complexity index is 651. The van der Waals surface area contributed by atoms with Gasteiger partial charge in [0.05, 0.1) is 12.7 Å². The summed E-state index contributed by atoms with van der Waals surface area (Å²) in [4.78, 5) is 23.6. The van der Waals surface area contributed by atoms with Crippen molar-refractivity contribution in [1.82, 2.24) is 0 Å². The predicted molar refractivity (Wildman–Crippen MR) is 116 cm³/mol. The minimum atomic E-state index is -0.640. The van der Waals surface area contributed by atoms with Crippen LogP contribution in [0, 0.1) is 11.7 Å². The van der Waals surface area contributed by atoms with E-state index in [4.69, 9.17) is 9.47 Å². The summed E-state index contributed by atoms with van der Waals surface area (Å²) in [6.07, 6.45) is 5.97. The zero-order valence-electron chi connectivity index (χ0n) is 17.7. The van der Waals surface area contributed by atoms with E-state index in [2.05, 4.69) is 0 Å². The van der Waals surface area contributed by atoms with Gasteiger partial charge in [0.1, 0.15) is 24.0 Å². The summed E-state index contributed by atoms with van der Waals surface area (Å²) >= 11 is 1.65. The van der Waals surface area contributed by atoms with Crippen LogP contribution in [0.2, 0.25) is 0 Å². The van der Waals surface area contributed by atoms with Gasteiger partial charge in [-0.05, 0) is 50.5 Å². The Balaban J connectivity index is 1.61. The van der Waals surface area contributed by atoms with Crippen LogP contribution in [0.15, 0.2) is 24.3 Å². The number of rotatable bonds is 14. The minimum Gasteiger partial charge on any atom is -0.491 e. The average Bonchev–Trinajstić information content (AvgIpc) is 3.08. The molecule has 1 aliphatic carbocycles. The van der Waals surface area contributed by atoms with Gasteiger partial charge in [-0.2, -0.15) is 11.8 Å². The first-order chi connectivity index (χ1) is 14.5. The van der Waals surface area contributed by atoms with E-state index in [1.165, 1.54) is 24.3 Å². The zero-order chi connectivity index (χ0) is 21.8. The van der Waals surface area contributed by atoms with Crippen molar-refractivity contribution in [2.75, 3.05) is 19.0 Å². The number of aliphatic hydroxyl groups is 1. The fraction of sp³-hybridized carbons (Fsp3) is 0.652. The second kappa shape index (κ2) is 13.7. The summed E-state index contributed by atoms with van der Waals surface area (Å²) < 4.78 is 23.3. The highest BCUT2D eigenvalue weighted by atomic mass is 32.2. The number of aliphatic hydroxyl groups excluding tert-OH is 1. The van der Waals surface area contributed by atoms with Gasteiger partial charge in [-0.1, -0.05) is 19.3 Å². The number of hydrogen-bond donors (Lipinski definition) is 1. The van der Waals surface area contributed by atoms with Gasteiger partial charge in [-0.3, -0.25) is 9.59 Å². The standard InChI is InChI=1S/C23H33FO5S/c1-2-28-23(27)8-6-4-3-5-7-20-21(26)13-14-22(20)30-16-18(25)15-29-19-11-9-17(24)10-12-19/h9-12,18,20,22,25H,2-8,13-16H2,1H3/t18-,20+,22+/m1/s1. The van der Waals surface area contributed by atoms with E-state index in [0.29, 0.717) is 36.7 Å². The molecule has 0 aliphatic heterocycles. The second-order valence-corrected chi connectivity index (χ2v) is 8.93. The molecule has 5 nitrogen and oxygen atoms in total. The largest absolute Gasteiger partial charge is 0.491 e. The topological polar surface area (TPSA) is 72.8 Å². The van der Waals surface area contributed by atoms with Crippen molar-refractivity contribution in [1.29, 1.82) is 0 Å². The van der Waals surface area contributed by atoms with Crippen molar-refractivity contribution in [2.45, 2.75) is 69.6 Å². The van der Waals surface area contributed by atoms with Crippen LogP contribution in [0.5, 0.6) is 5.75 Å². The first kappa shape index (κ1) is 24.7. The molecule has 1 N–H and O–H groups in total. The predicted octanol–water partition coefficient (Wildman–Crippen LogP) is 4.55. The second-order valence-electron chi connectivity index (χ2n) is 7.66. The fourth-order valence-electron chi connectivity index (χ4n) is 3.65. The van der Waals surface area contributed by atoms with E-state index >= 15 is 0 Å². The van der Waals surface area contributed by atoms with Gasteiger partial charge in [-0.25, -0.2) is 4.39 Å². The number of ether oxygens (including phenoxy) is 2. The van der Waals surface area contributed by atoms with Gasteiger partial charge < -0.3 is 14.6 Å². The zero-order valence-corrected chi connectivity index (χ0v) is 18.5. The highest BCUT2D eigenvalue weighted by Crippen LogP contribution is 2.36. The molecule has 0 radical (unpaired) electrons. The van der Waals surface area contributed by atoms with Gasteiger partial charge in [-0.15, -0.1) is 0 Å². The normalized spacial score (nSPS) is 19.6. The van der Waals surface area contributed by atoms with Crippen LogP contribution in [0.1, 0.15) is 58.3 Å². The molecule has 1 aromatic carbocycles. The van der Waals surface area contributed by atoms with E-state index in [-0.39, 0.29) is 29.6 Å². The molecule has 1 aliphatic rings. The number of benzene rings is 1. The third-order valence-electron chi connectivity index (χ3n) is 5.25. The molecule has 168 valence electrons. The van der Waals surface area contributed by atoms with Crippen molar-refractivity contribution >= 4 is 23.5 Å². The lowest BCUT2D eigenvalue weighted by Crippen LogP contribution is -2.24.